The van der Waals surface area contributed by atoms with Crippen LogP contribution < -0.4 is 5.32 Å². The van der Waals surface area contributed by atoms with Gasteiger partial charge in [-0.15, -0.1) is 11.6 Å². The fraction of sp³-hybridized carbons (Fsp3) is 0.481. The van der Waals surface area contributed by atoms with E-state index in [4.69, 9.17) is 11.6 Å². The maximum atomic E-state index is 13.8. The molecule has 1 N–H and O–H groups in total. The summed E-state index contributed by atoms with van der Waals surface area (Å²) >= 11 is 6.12. The smallest absolute Gasteiger partial charge is 0.247 e. The molecule has 2 amide bonds. The molecule has 4 nitrogen and oxygen atoms in total. The van der Waals surface area contributed by atoms with Crippen LogP contribution in [0, 0.1) is 6.92 Å². The largest absolute Gasteiger partial charge is 0.351 e. The average Bonchev–Trinajstić information content (AvgIpc) is 2.83. The lowest BCUT2D eigenvalue weighted by Gasteiger charge is -2.41. The Balaban J connectivity index is 1.74. The summed E-state index contributed by atoms with van der Waals surface area (Å²) in [5, 5.41) is 3.28. The monoisotopic (exact) mass is 452 g/mol. The molecule has 0 aliphatic heterocycles. The van der Waals surface area contributed by atoms with Crippen molar-refractivity contribution in [3.05, 3.63) is 70.8 Å². The Hall–Kier alpha value is -2.33. The van der Waals surface area contributed by atoms with E-state index in [9.17, 15) is 9.59 Å². The highest BCUT2D eigenvalue weighted by molar-refractivity contribution is 6.27. The second-order valence-corrected chi connectivity index (χ2v) is 9.47. The molecule has 2 aliphatic carbocycles. The standard InChI is InChI=1S/C27H33ClN2O2/c1-19-14-16-21(17-15-19)26(27(32)29-22-10-3-2-4-11-22)30(25(31)18-28)24-13-7-9-20-8-5-6-12-23(20)24/h5-6,8,12,14-17,22,24,26H,2-4,7,9-11,13,18H2,1H3,(H,29,32)/t24-,26-/m0/s1. The van der Waals surface area contributed by atoms with Crippen LogP contribution in [-0.2, 0) is 16.0 Å². The topological polar surface area (TPSA) is 49.4 Å². The molecule has 0 heterocycles. The molecule has 0 spiro atoms. The van der Waals surface area contributed by atoms with Crippen LogP contribution in [0.15, 0.2) is 48.5 Å². The summed E-state index contributed by atoms with van der Waals surface area (Å²) in [6, 6.07) is 15.6. The van der Waals surface area contributed by atoms with Gasteiger partial charge in [0.2, 0.25) is 11.8 Å². The first-order valence-electron chi connectivity index (χ1n) is 11.9. The van der Waals surface area contributed by atoms with Crippen LogP contribution in [0.2, 0.25) is 0 Å². The van der Waals surface area contributed by atoms with E-state index in [0.717, 1.165) is 61.6 Å². The number of nitrogens with one attached hydrogen (secondary N) is 1. The number of benzene rings is 2. The van der Waals surface area contributed by atoms with Gasteiger partial charge in [0, 0.05) is 6.04 Å². The summed E-state index contributed by atoms with van der Waals surface area (Å²) in [6.07, 6.45) is 8.32. The minimum absolute atomic E-state index is 0.0951. The summed E-state index contributed by atoms with van der Waals surface area (Å²) < 4.78 is 0. The van der Waals surface area contributed by atoms with Gasteiger partial charge in [0.25, 0.3) is 0 Å². The first-order valence-corrected chi connectivity index (χ1v) is 12.4. The van der Waals surface area contributed by atoms with E-state index in [1.54, 1.807) is 4.90 Å². The third kappa shape index (κ3) is 5.01. The number of carbonyl (C=O) groups is 2. The van der Waals surface area contributed by atoms with Crippen LogP contribution in [0.3, 0.4) is 0 Å². The van der Waals surface area contributed by atoms with Crippen molar-refractivity contribution < 1.29 is 9.59 Å². The van der Waals surface area contributed by atoms with Gasteiger partial charge in [-0.2, -0.15) is 0 Å². The maximum Gasteiger partial charge on any atom is 0.247 e. The predicted molar refractivity (Wildman–Crippen MR) is 129 cm³/mol. The lowest BCUT2D eigenvalue weighted by molar-refractivity contribution is -0.142. The number of aryl methyl sites for hydroxylation is 2. The Labute approximate surface area is 196 Å². The molecule has 1 fully saturated rings. The summed E-state index contributed by atoms with van der Waals surface area (Å²) in [4.78, 5) is 28.9. The second-order valence-electron chi connectivity index (χ2n) is 9.20. The number of amides is 2. The molecular formula is C27H33ClN2O2. The number of halogens is 1. The van der Waals surface area contributed by atoms with Crippen molar-refractivity contribution in [2.24, 2.45) is 0 Å². The van der Waals surface area contributed by atoms with Crippen LogP contribution in [0.25, 0.3) is 0 Å². The third-order valence-corrected chi connectivity index (χ3v) is 7.18. The molecule has 0 aromatic heterocycles. The van der Waals surface area contributed by atoms with Crippen molar-refractivity contribution in [3.8, 4) is 0 Å². The van der Waals surface area contributed by atoms with E-state index in [0.29, 0.717) is 0 Å². The van der Waals surface area contributed by atoms with Crippen molar-refractivity contribution >= 4 is 23.4 Å². The van der Waals surface area contributed by atoms with E-state index in [1.165, 1.54) is 12.0 Å². The number of rotatable bonds is 6. The maximum absolute atomic E-state index is 13.8. The molecule has 1 saturated carbocycles. The number of carbonyl (C=O) groups excluding carboxylic acids is 2. The van der Waals surface area contributed by atoms with Gasteiger partial charge in [0.05, 0.1) is 6.04 Å². The zero-order valence-corrected chi connectivity index (χ0v) is 19.6. The summed E-state index contributed by atoms with van der Waals surface area (Å²) in [5.74, 6) is -0.433. The first-order chi connectivity index (χ1) is 15.6. The molecule has 2 aromatic rings. The normalized spacial score (nSPS) is 19.6. The molecule has 0 bridgehead atoms. The van der Waals surface area contributed by atoms with Crippen molar-refractivity contribution in [3.63, 3.8) is 0 Å². The van der Waals surface area contributed by atoms with Gasteiger partial charge in [0.1, 0.15) is 11.9 Å². The molecule has 2 atom stereocenters. The lowest BCUT2D eigenvalue weighted by Crippen LogP contribution is -2.49. The highest BCUT2D eigenvalue weighted by Crippen LogP contribution is 2.39. The van der Waals surface area contributed by atoms with Crippen molar-refractivity contribution in [1.82, 2.24) is 10.2 Å². The average molecular weight is 453 g/mol. The summed E-state index contributed by atoms with van der Waals surface area (Å²) in [6.45, 7) is 2.03. The highest BCUT2D eigenvalue weighted by Gasteiger charge is 2.39. The quantitative estimate of drug-likeness (QED) is 0.577. The Kier molecular flexibility index (Phi) is 7.51. The number of hydrogen-bond donors (Lipinski definition) is 1. The zero-order chi connectivity index (χ0) is 22.5. The summed E-state index contributed by atoms with van der Waals surface area (Å²) in [7, 11) is 0. The van der Waals surface area contributed by atoms with Gasteiger partial charge < -0.3 is 10.2 Å². The number of alkyl halides is 1. The molecule has 2 aliphatic rings. The van der Waals surface area contributed by atoms with E-state index < -0.39 is 6.04 Å². The molecule has 0 unspecified atom stereocenters. The van der Waals surface area contributed by atoms with Crippen LogP contribution >= 0.6 is 11.6 Å². The van der Waals surface area contributed by atoms with E-state index in [-0.39, 0.29) is 29.8 Å². The Bertz CT molecular complexity index is 937. The number of hydrogen-bond acceptors (Lipinski definition) is 2. The van der Waals surface area contributed by atoms with Gasteiger partial charge in [-0.1, -0.05) is 73.4 Å². The predicted octanol–water partition coefficient (Wildman–Crippen LogP) is 5.63. The van der Waals surface area contributed by atoms with Gasteiger partial charge >= 0.3 is 0 Å². The summed E-state index contributed by atoms with van der Waals surface area (Å²) in [5.41, 5.74) is 4.36. The Morgan fingerprint density at radius 3 is 2.44 bits per heavy atom. The number of fused-ring (bicyclic) bond motifs is 1. The highest BCUT2D eigenvalue weighted by atomic mass is 35.5. The second kappa shape index (κ2) is 10.5. The third-order valence-electron chi connectivity index (χ3n) is 6.95. The number of nitrogens with zero attached hydrogens (tertiary/aromatic N) is 1. The van der Waals surface area contributed by atoms with Gasteiger partial charge in [-0.25, -0.2) is 0 Å². The molecule has 2 aromatic carbocycles. The SMILES string of the molecule is Cc1ccc([C@@H](C(=O)NC2CCCCC2)N(C(=O)CCl)[C@H]2CCCc3ccccc32)cc1. The molecule has 0 radical (unpaired) electrons. The van der Waals surface area contributed by atoms with E-state index >= 15 is 0 Å². The van der Waals surface area contributed by atoms with Crippen LogP contribution in [0.5, 0.6) is 0 Å². The van der Waals surface area contributed by atoms with Gasteiger partial charge in [-0.3, -0.25) is 9.59 Å². The fourth-order valence-corrected chi connectivity index (χ4v) is 5.44. The molecule has 170 valence electrons. The minimum atomic E-state index is -0.695. The fourth-order valence-electron chi connectivity index (χ4n) is 5.30. The minimum Gasteiger partial charge on any atom is -0.351 e. The molecule has 32 heavy (non-hydrogen) atoms. The van der Waals surface area contributed by atoms with Crippen molar-refractivity contribution in [1.29, 1.82) is 0 Å². The zero-order valence-electron chi connectivity index (χ0n) is 18.9. The van der Waals surface area contributed by atoms with Crippen LogP contribution in [-0.4, -0.2) is 28.6 Å². The van der Waals surface area contributed by atoms with Gasteiger partial charge in [0.15, 0.2) is 0 Å². The Morgan fingerprint density at radius 1 is 1.00 bits per heavy atom. The van der Waals surface area contributed by atoms with E-state index in [2.05, 4.69) is 17.4 Å². The first kappa shape index (κ1) is 22.8. The van der Waals surface area contributed by atoms with Crippen molar-refractivity contribution in [2.75, 3.05) is 5.88 Å². The lowest BCUT2D eigenvalue weighted by atomic mass is 9.85. The molecule has 5 heteroatoms. The molecular weight excluding hydrogens is 420 g/mol. The van der Waals surface area contributed by atoms with Gasteiger partial charge in [-0.05, 0) is 55.7 Å². The Morgan fingerprint density at radius 2 is 1.72 bits per heavy atom. The molecule has 0 saturated heterocycles. The van der Waals surface area contributed by atoms with E-state index in [1.807, 2.05) is 43.3 Å². The van der Waals surface area contributed by atoms with Crippen LogP contribution in [0.4, 0.5) is 0 Å². The van der Waals surface area contributed by atoms with Crippen molar-refractivity contribution in [2.45, 2.75) is 76.4 Å². The van der Waals surface area contributed by atoms with Crippen LogP contribution in [0.1, 0.15) is 79.3 Å². The molecule has 4 rings (SSSR count).